The Kier molecular flexibility index (Phi) is 3.76. The number of nitrogens with one attached hydrogen (secondary N) is 2. The maximum absolute atomic E-state index is 4.65. The summed E-state index contributed by atoms with van der Waals surface area (Å²) in [4.78, 5) is 10.6. The van der Waals surface area contributed by atoms with Crippen molar-refractivity contribution in [2.75, 3.05) is 26.2 Å². The van der Waals surface area contributed by atoms with E-state index in [2.05, 4.69) is 59.2 Å². The lowest BCUT2D eigenvalue weighted by atomic mass is 10.1. The van der Waals surface area contributed by atoms with E-state index in [1.54, 1.807) is 0 Å². The molecule has 2 N–H and O–H groups in total. The van der Waals surface area contributed by atoms with Crippen LogP contribution in [-0.4, -0.2) is 41.0 Å². The van der Waals surface area contributed by atoms with Crippen LogP contribution in [0.2, 0.25) is 0 Å². The standard InChI is InChI=1S/C16H24N4/c1-11(2)16-18-14-5-4-13(10-15(14)19-16)12(3)20-8-6-17-7-9-20/h4-5,10-12,17H,6-9H2,1-3H3,(H,18,19). The molecule has 4 heteroatoms. The highest BCUT2D eigenvalue weighted by Crippen LogP contribution is 2.25. The molecule has 0 saturated carbocycles. The summed E-state index contributed by atoms with van der Waals surface area (Å²) >= 11 is 0. The van der Waals surface area contributed by atoms with Crippen LogP contribution < -0.4 is 5.32 Å². The predicted molar refractivity (Wildman–Crippen MR) is 83.0 cm³/mol. The first-order valence-corrected chi connectivity index (χ1v) is 7.59. The van der Waals surface area contributed by atoms with Gasteiger partial charge in [-0.1, -0.05) is 19.9 Å². The van der Waals surface area contributed by atoms with Gasteiger partial charge in [0.2, 0.25) is 0 Å². The van der Waals surface area contributed by atoms with Gasteiger partial charge in [0.25, 0.3) is 0 Å². The summed E-state index contributed by atoms with van der Waals surface area (Å²) < 4.78 is 0. The number of hydrogen-bond donors (Lipinski definition) is 2. The Hall–Kier alpha value is -1.39. The highest BCUT2D eigenvalue weighted by molar-refractivity contribution is 5.76. The van der Waals surface area contributed by atoms with E-state index in [1.807, 2.05) is 0 Å². The average Bonchev–Trinajstić information content (AvgIpc) is 2.90. The summed E-state index contributed by atoms with van der Waals surface area (Å²) in [5.74, 6) is 1.52. The Bertz CT molecular complexity index is 581. The molecule has 1 aliphatic heterocycles. The van der Waals surface area contributed by atoms with E-state index in [9.17, 15) is 0 Å². The third-order valence-corrected chi connectivity index (χ3v) is 4.25. The molecule has 1 fully saturated rings. The van der Waals surface area contributed by atoms with E-state index in [-0.39, 0.29) is 0 Å². The van der Waals surface area contributed by atoms with Gasteiger partial charge in [-0.25, -0.2) is 4.98 Å². The highest BCUT2D eigenvalue weighted by atomic mass is 15.2. The van der Waals surface area contributed by atoms with Crippen LogP contribution in [0, 0.1) is 0 Å². The van der Waals surface area contributed by atoms with Crippen molar-refractivity contribution in [1.82, 2.24) is 20.2 Å². The van der Waals surface area contributed by atoms with Crippen molar-refractivity contribution in [3.05, 3.63) is 29.6 Å². The second kappa shape index (κ2) is 5.54. The van der Waals surface area contributed by atoms with Crippen molar-refractivity contribution in [1.29, 1.82) is 0 Å². The van der Waals surface area contributed by atoms with Crippen LogP contribution in [0.3, 0.4) is 0 Å². The molecule has 1 aromatic carbocycles. The van der Waals surface area contributed by atoms with Crippen molar-refractivity contribution >= 4 is 11.0 Å². The normalized spacial score (nSPS) is 18.8. The molecule has 0 spiro atoms. The summed E-state index contributed by atoms with van der Waals surface area (Å²) in [6.07, 6.45) is 0. The molecule has 3 rings (SSSR count). The summed E-state index contributed by atoms with van der Waals surface area (Å²) in [5.41, 5.74) is 3.61. The van der Waals surface area contributed by atoms with Gasteiger partial charge < -0.3 is 10.3 Å². The first-order chi connectivity index (χ1) is 9.65. The van der Waals surface area contributed by atoms with Gasteiger partial charge in [-0.2, -0.15) is 0 Å². The van der Waals surface area contributed by atoms with Gasteiger partial charge in [-0.3, -0.25) is 4.90 Å². The quantitative estimate of drug-likeness (QED) is 0.903. The molecule has 2 heterocycles. The molecule has 20 heavy (non-hydrogen) atoms. The molecular formula is C16H24N4. The molecule has 1 unspecified atom stereocenters. The van der Waals surface area contributed by atoms with Crippen LogP contribution in [0.1, 0.15) is 44.1 Å². The van der Waals surface area contributed by atoms with Gasteiger partial charge in [-0.15, -0.1) is 0 Å². The summed E-state index contributed by atoms with van der Waals surface area (Å²) in [6, 6.07) is 7.10. The molecule has 108 valence electrons. The van der Waals surface area contributed by atoms with Crippen molar-refractivity contribution in [2.45, 2.75) is 32.7 Å². The zero-order valence-electron chi connectivity index (χ0n) is 12.6. The SMILES string of the molecule is CC(C)c1nc2ccc(C(C)N3CCNCC3)cc2[nH]1. The van der Waals surface area contributed by atoms with E-state index in [1.165, 1.54) is 5.56 Å². The Morgan fingerprint density at radius 3 is 2.60 bits per heavy atom. The maximum atomic E-state index is 4.65. The first kappa shape index (κ1) is 13.6. The second-order valence-corrected chi connectivity index (χ2v) is 6.02. The number of aromatic nitrogens is 2. The third-order valence-electron chi connectivity index (χ3n) is 4.25. The molecular weight excluding hydrogens is 248 g/mol. The summed E-state index contributed by atoms with van der Waals surface area (Å²) in [7, 11) is 0. The van der Waals surface area contributed by atoms with E-state index < -0.39 is 0 Å². The van der Waals surface area contributed by atoms with E-state index in [0.29, 0.717) is 12.0 Å². The predicted octanol–water partition coefficient (Wildman–Crippen LogP) is 2.65. The lowest BCUT2D eigenvalue weighted by Crippen LogP contribution is -2.44. The largest absolute Gasteiger partial charge is 0.342 e. The van der Waals surface area contributed by atoms with E-state index in [0.717, 1.165) is 43.0 Å². The lowest BCUT2D eigenvalue weighted by Gasteiger charge is -2.33. The molecule has 1 atom stereocenters. The number of fused-ring (bicyclic) bond motifs is 1. The second-order valence-electron chi connectivity index (χ2n) is 6.02. The maximum Gasteiger partial charge on any atom is 0.109 e. The van der Waals surface area contributed by atoms with Gasteiger partial charge in [0.1, 0.15) is 5.82 Å². The average molecular weight is 272 g/mol. The fraction of sp³-hybridized carbons (Fsp3) is 0.562. The van der Waals surface area contributed by atoms with Crippen molar-refractivity contribution < 1.29 is 0 Å². The van der Waals surface area contributed by atoms with Crippen LogP contribution >= 0.6 is 0 Å². The van der Waals surface area contributed by atoms with Gasteiger partial charge >= 0.3 is 0 Å². The van der Waals surface area contributed by atoms with Crippen molar-refractivity contribution in [2.24, 2.45) is 0 Å². The number of H-pyrrole nitrogens is 1. The lowest BCUT2D eigenvalue weighted by molar-refractivity contribution is 0.185. The number of piperazine rings is 1. The van der Waals surface area contributed by atoms with Crippen LogP contribution in [0.15, 0.2) is 18.2 Å². The van der Waals surface area contributed by atoms with Crippen LogP contribution in [0.5, 0.6) is 0 Å². The molecule has 1 saturated heterocycles. The summed E-state index contributed by atoms with van der Waals surface area (Å²) in [5, 5.41) is 3.41. The molecule has 0 aliphatic carbocycles. The van der Waals surface area contributed by atoms with Gasteiger partial charge in [0.15, 0.2) is 0 Å². The molecule has 0 radical (unpaired) electrons. The molecule has 2 aromatic rings. The fourth-order valence-electron chi connectivity index (χ4n) is 2.86. The molecule has 4 nitrogen and oxygen atoms in total. The van der Waals surface area contributed by atoms with Gasteiger partial charge in [-0.05, 0) is 24.6 Å². The van der Waals surface area contributed by atoms with Crippen LogP contribution in [0.25, 0.3) is 11.0 Å². The minimum absolute atomic E-state index is 0.441. The third kappa shape index (κ3) is 2.58. The number of hydrogen-bond acceptors (Lipinski definition) is 3. The zero-order chi connectivity index (χ0) is 14.1. The van der Waals surface area contributed by atoms with Gasteiger partial charge in [0, 0.05) is 38.1 Å². The van der Waals surface area contributed by atoms with Gasteiger partial charge in [0.05, 0.1) is 11.0 Å². The number of nitrogens with zero attached hydrogens (tertiary/aromatic N) is 2. The number of imidazole rings is 1. The monoisotopic (exact) mass is 272 g/mol. The zero-order valence-corrected chi connectivity index (χ0v) is 12.6. The Labute approximate surface area is 120 Å². The van der Waals surface area contributed by atoms with Crippen LogP contribution in [-0.2, 0) is 0 Å². The number of rotatable bonds is 3. The smallest absolute Gasteiger partial charge is 0.109 e. The Balaban J connectivity index is 1.87. The van der Waals surface area contributed by atoms with E-state index >= 15 is 0 Å². The highest BCUT2D eigenvalue weighted by Gasteiger charge is 2.18. The fourth-order valence-corrected chi connectivity index (χ4v) is 2.86. The molecule has 1 aromatic heterocycles. The minimum atomic E-state index is 0.441. The summed E-state index contributed by atoms with van der Waals surface area (Å²) in [6.45, 7) is 11.1. The Morgan fingerprint density at radius 2 is 1.90 bits per heavy atom. The minimum Gasteiger partial charge on any atom is -0.342 e. The Morgan fingerprint density at radius 1 is 1.15 bits per heavy atom. The van der Waals surface area contributed by atoms with Crippen molar-refractivity contribution in [3.63, 3.8) is 0 Å². The van der Waals surface area contributed by atoms with Crippen LogP contribution in [0.4, 0.5) is 0 Å². The molecule has 0 amide bonds. The number of benzene rings is 1. The molecule has 0 bridgehead atoms. The number of aromatic amines is 1. The topological polar surface area (TPSA) is 44.0 Å². The first-order valence-electron chi connectivity index (χ1n) is 7.59. The van der Waals surface area contributed by atoms with E-state index in [4.69, 9.17) is 0 Å². The van der Waals surface area contributed by atoms with Crippen molar-refractivity contribution in [3.8, 4) is 0 Å². The molecule has 1 aliphatic rings.